The first kappa shape index (κ1) is 16.2. The van der Waals surface area contributed by atoms with E-state index in [4.69, 9.17) is 5.73 Å². The Morgan fingerprint density at radius 3 is 2.62 bits per heavy atom. The number of aryl methyl sites for hydroxylation is 1. The molecule has 1 aliphatic heterocycles. The minimum Gasteiger partial charge on any atom is -0.370 e. The van der Waals surface area contributed by atoms with Crippen molar-refractivity contribution in [3.05, 3.63) is 29.1 Å². The smallest absolute Gasteiger partial charge is 0.126 e. The Kier molecular flexibility index (Phi) is 5.22. The molecule has 0 bridgehead atoms. The largest absolute Gasteiger partial charge is 0.370 e. The van der Waals surface area contributed by atoms with Gasteiger partial charge in [-0.25, -0.2) is 4.39 Å². The van der Waals surface area contributed by atoms with E-state index in [0.717, 1.165) is 43.9 Å². The highest BCUT2D eigenvalue weighted by Gasteiger charge is 2.28. The summed E-state index contributed by atoms with van der Waals surface area (Å²) in [5.74, 6) is -0.162. The average Bonchev–Trinajstić information content (AvgIpc) is 2.92. The highest BCUT2D eigenvalue weighted by Crippen LogP contribution is 2.31. The molecular weight excluding hydrogens is 265 g/mol. The lowest BCUT2D eigenvalue weighted by Gasteiger charge is -2.28. The van der Waals surface area contributed by atoms with Crippen LogP contribution in [0.4, 0.5) is 10.1 Å². The van der Waals surface area contributed by atoms with E-state index >= 15 is 0 Å². The maximum atomic E-state index is 13.8. The first-order valence-corrected chi connectivity index (χ1v) is 8.02. The normalized spacial score (nSPS) is 20.3. The van der Waals surface area contributed by atoms with Gasteiger partial charge in [-0.3, -0.25) is 4.90 Å². The first-order valence-electron chi connectivity index (χ1n) is 8.02. The molecule has 0 aliphatic carbocycles. The topological polar surface area (TPSA) is 32.5 Å². The first-order chi connectivity index (χ1) is 9.97. The standard InChI is InChI=1S/C17H28FN3/c1-5-20(6-2)14-7-8-21(11-14)17-9-12(3)16(18)10-15(17)13(4)19/h9-10,13-14H,5-8,11,19H2,1-4H3/t13-,14?/m0/s1. The van der Waals surface area contributed by atoms with Gasteiger partial charge in [-0.15, -0.1) is 0 Å². The van der Waals surface area contributed by atoms with Crippen LogP contribution in [0.3, 0.4) is 0 Å². The number of nitrogens with two attached hydrogens (primary N) is 1. The lowest BCUT2D eigenvalue weighted by molar-refractivity contribution is 0.232. The van der Waals surface area contributed by atoms with Crippen LogP contribution < -0.4 is 10.6 Å². The van der Waals surface area contributed by atoms with E-state index in [1.54, 1.807) is 6.07 Å². The van der Waals surface area contributed by atoms with Crippen LogP contribution in [0.25, 0.3) is 0 Å². The van der Waals surface area contributed by atoms with Crippen molar-refractivity contribution in [1.29, 1.82) is 0 Å². The molecule has 1 heterocycles. The minimum absolute atomic E-state index is 0.150. The summed E-state index contributed by atoms with van der Waals surface area (Å²) in [5.41, 5.74) is 8.76. The monoisotopic (exact) mass is 293 g/mol. The Labute approximate surface area is 127 Å². The number of benzene rings is 1. The molecule has 2 rings (SSSR count). The molecule has 0 spiro atoms. The second kappa shape index (κ2) is 6.75. The van der Waals surface area contributed by atoms with Gasteiger partial charge in [-0.1, -0.05) is 13.8 Å². The van der Waals surface area contributed by atoms with Crippen molar-refractivity contribution in [3.63, 3.8) is 0 Å². The third-order valence-corrected chi connectivity index (χ3v) is 4.63. The fourth-order valence-corrected chi connectivity index (χ4v) is 3.32. The van der Waals surface area contributed by atoms with Crippen LogP contribution in [0.15, 0.2) is 12.1 Å². The molecule has 118 valence electrons. The van der Waals surface area contributed by atoms with E-state index in [-0.39, 0.29) is 11.9 Å². The SMILES string of the molecule is CCN(CC)C1CCN(c2cc(C)c(F)cc2[C@H](C)N)C1. The van der Waals surface area contributed by atoms with E-state index in [2.05, 4.69) is 23.6 Å². The number of hydrogen-bond donors (Lipinski definition) is 1. The van der Waals surface area contributed by atoms with Gasteiger partial charge in [0.1, 0.15) is 5.82 Å². The van der Waals surface area contributed by atoms with Gasteiger partial charge in [0.05, 0.1) is 0 Å². The van der Waals surface area contributed by atoms with Crippen molar-refractivity contribution in [2.45, 2.75) is 46.2 Å². The van der Waals surface area contributed by atoms with E-state index in [1.807, 2.05) is 19.9 Å². The maximum absolute atomic E-state index is 13.8. The fraction of sp³-hybridized carbons (Fsp3) is 0.647. The van der Waals surface area contributed by atoms with E-state index in [9.17, 15) is 4.39 Å². The van der Waals surface area contributed by atoms with Crippen molar-refractivity contribution >= 4 is 5.69 Å². The summed E-state index contributed by atoms with van der Waals surface area (Å²) in [5, 5.41) is 0. The second-order valence-electron chi connectivity index (χ2n) is 6.06. The summed E-state index contributed by atoms with van der Waals surface area (Å²) in [6.45, 7) is 12.4. The minimum atomic E-state index is -0.162. The van der Waals surface area contributed by atoms with Crippen LogP contribution in [-0.2, 0) is 0 Å². The third-order valence-electron chi connectivity index (χ3n) is 4.63. The number of likely N-dealkylation sites (N-methyl/N-ethyl adjacent to an activating group) is 1. The van der Waals surface area contributed by atoms with Gasteiger partial charge in [-0.05, 0) is 56.6 Å². The zero-order valence-corrected chi connectivity index (χ0v) is 13.7. The van der Waals surface area contributed by atoms with Crippen molar-refractivity contribution in [3.8, 4) is 0 Å². The number of hydrogen-bond acceptors (Lipinski definition) is 3. The van der Waals surface area contributed by atoms with Crippen molar-refractivity contribution in [1.82, 2.24) is 4.90 Å². The van der Waals surface area contributed by atoms with Gasteiger partial charge in [0.25, 0.3) is 0 Å². The van der Waals surface area contributed by atoms with E-state index in [0.29, 0.717) is 11.6 Å². The molecule has 1 saturated heterocycles. The van der Waals surface area contributed by atoms with Crippen LogP contribution in [0.5, 0.6) is 0 Å². The Bertz CT molecular complexity index is 483. The molecule has 1 aromatic rings. The molecule has 21 heavy (non-hydrogen) atoms. The van der Waals surface area contributed by atoms with Crippen LogP contribution in [-0.4, -0.2) is 37.1 Å². The van der Waals surface area contributed by atoms with Gasteiger partial charge in [0.15, 0.2) is 0 Å². The molecule has 0 saturated carbocycles. The molecule has 1 fully saturated rings. The zero-order valence-electron chi connectivity index (χ0n) is 13.7. The molecule has 1 unspecified atom stereocenters. The number of rotatable bonds is 5. The van der Waals surface area contributed by atoms with E-state index < -0.39 is 0 Å². The number of anilines is 1. The predicted molar refractivity (Wildman–Crippen MR) is 87.3 cm³/mol. The summed E-state index contributed by atoms with van der Waals surface area (Å²) in [7, 11) is 0. The quantitative estimate of drug-likeness (QED) is 0.905. The third kappa shape index (κ3) is 3.38. The van der Waals surface area contributed by atoms with Gasteiger partial charge in [0, 0.05) is 30.9 Å². The van der Waals surface area contributed by atoms with Crippen molar-refractivity contribution < 1.29 is 4.39 Å². The summed E-state index contributed by atoms with van der Waals surface area (Å²) in [4.78, 5) is 4.87. The van der Waals surface area contributed by atoms with E-state index in [1.165, 1.54) is 0 Å². The molecular formula is C17H28FN3. The Balaban J connectivity index is 2.25. The fourth-order valence-electron chi connectivity index (χ4n) is 3.32. The molecule has 2 atom stereocenters. The predicted octanol–water partition coefficient (Wildman–Crippen LogP) is 3.07. The van der Waals surface area contributed by atoms with Crippen LogP contribution >= 0.6 is 0 Å². The summed E-state index contributed by atoms with van der Waals surface area (Å²) in [6, 6.07) is 4.01. The van der Waals surface area contributed by atoms with Gasteiger partial charge in [0.2, 0.25) is 0 Å². The molecule has 1 aromatic carbocycles. The summed E-state index contributed by atoms with van der Waals surface area (Å²) >= 11 is 0. The molecule has 0 aromatic heterocycles. The van der Waals surface area contributed by atoms with Crippen molar-refractivity contribution in [2.24, 2.45) is 5.73 Å². The second-order valence-corrected chi connectivity index (χ2v) is 6.06. The highest BCUT2D eigenvalue weighted by molar-refractivity contribution is 5.58. The van der Waals surface area contributed by atoms with Gasteiger partial charge >= 0.3 is 0 Å². The number of halogens is 1. The lowest BCUT2D eigenvalue weighted by atomic mass is 10.0. The molecule has 4 heteroatoms. The van der Waals surface area contributed by atoms with Gasteiger partial charge in [-0.2, -0.15) is 0 Å². The lowest BCUT2D eigenvalue weighted by Crippen LogP contribution is -2.37. The molecule has 0 amide bonds. The van der Waals surface area contributed by atoms with Crippen LogP contribution in [0.1, 0.15) is 44.4 Å². The molecule has 3 nitrogen and oxygen atoms in total. The Morgan fingerprint density at radius 2 is 2.05 bits per heavy atom. The summed E-state index contributed by atoms with van der Waals surface area (Å²) in [6.07, 6.45) is 1.16. The zero-order chi connectivity index (χ0) is 15.6. The Hall–Kier alpha value is -1.13. The summed E-state index contributed by atoms with van der Waals surface area (Å²) < 4.78 is 13.8. The van der Waals surface area contributed by atoms with Crippen LogP contribution in [0.2, 0.25) is 0 Å². The average molecular weight is 293 g/mol. The van der Waals surface area contributed by atoms with Crippen LogP contribution in [0, 0.1) is 12.7 Å². The molecule has 0 radical (unpaired) electrons. The maximum Gasteiger partial charge on any atom is 0.126 e. The van der Waals surface area contributed by atoms with Crippen molar-refractivity contribution in [2.75, 3.05) is 31.1 Å². The number of nitrogens with zero attached hydrogens (tertiary/aromatic N) is 2. The highest BCUT2D eigenvalue weighted by atomic mass is 19.1. The molecule has 1 aliphatic rings. The Morgan fingerprint density at radius 1 is 1.38 bits per heavy atom. The van der Waals surface area contributed by atoms with Gasteiger partial charge < -0.3 is 10.6 Å². The molecule has 2 N–H and O–H groups in total.